The van der Waals surface area contributed by atoms with Gasteiger partial charge in [-0.05, 0) is 47.5 Å². The lowest BCUT2D eigenvalue weighted by Crippen LogP contribution is -2.47. The topological polar surface area (TPSA) is 49.0 Å². The summed E-state index contributed by atoms with van der Waals surface area (Å²) in [7, 11) is 0. The molecular formula is C13H18BrN3O. The SMILES string of the molecule is O=c1[nH]cnc(N2CCC[C@H]3CCCC[C@H]32)c1Br. The monoisotopic (exact) mass is 311 g/mol. The van der Waals surface area contributed by atoms with E-state index in [1.54, 1.807) is 0 Å². The highest BCUT2D eigenvalue weighted by molar-refractivity contribution is 9.10. The summed E-state index contributed by atoms with van der Waals surface area (Å²) in [6, 6.07) is 0.582. The van der Waals surface area contributed by atoms with Crippen LogP contribution in [0.15, 0.2) is 15.6 Å². The molecule has 1 aromatic heterocycles. The fraction of sp³-hybridized carbons (Fsp3) is 0.692. The van der Waals surface area contributed by atoms with Gasteiger partial charge >= 0.3 is 0 Å². The van der Waals surface area contributed by atoms with Crippen molar-refractivity contribution in [1.29, 1.82) is 0 Å². The summed E-state index contributed by atoms with van der Waals surface area (Å²) in [6.45, 7) is 1.02. The van der Waals surface area contributed by atoms with E-state index in [0.29, 0.717) is 10.5 Å². The second kappa shape index (κ2) is 5.03. The van der Waals surface area contributed by atoms with Gasteiger partial charge in [0, 0.05) is 12.6 Å². The minimum atomic E-state index is -0.0852. The van der Waals surface area contributed by atoms with Gasteiger partial charge < -0.3 is 9.88 Å². The number of halogens is 1. The van der Waals surface area contributed by atoms with Crippen molar-refractivity contribution in [2.24, 2.45) is 5.92 Å². The fourth-order valence-electron chi connectivity index (χ4n) is 3.46. The largest absolute Gasteiger partial charge is 0.352 e. The Hall–Kier alpha value is -0.840. The zero-order valence-corrected chi connectivity index (χ0v) is 11.9. The number of piperidine rings is 1. The molecule has 0 unspecified atom stereocenters. The molecule has 0 aromatic carbocycles. The number of hydrogen-bond acceptors (Lipinski definition) is 3. The number of rotatable bonds is 1. The fourth-order valence-corrected chi connectivity index (χ4v) is 3.91. The maximum Gasteiger partial charge on any atom is 0.267 e. The molecule has 1 aromatic rings. The maximum atomic E-state index is 11.7. The third-order valence-corrected chi connectivity index (χ3v) is 5.01. The highest BCUT2D eigenvalue weighted by Gasteiger charge is 2.34. The molecule has 2 atom stereocenters. The first-order valence-electron chi connectivity index (χ1n) is 6.77. The molecule has 1 N–H and O–H groups in total. The lowest BCUT2D eigenvalue weighted by Gasteiger charge is -2.44. The summed E-state index contributed by atoms with van der Waals surface area (Å²) < 4.78 is 0.580. The molecule has 0 spiro atoms. The Bertz CT molecular complexity index is 485. The Labute approximate surface area is 115 Å². The molecule has 2 aliphatic rings. The Balaban J connectivity index is 1.94. The van der Waals surface area contributed by atoms with Gasteiger partial charge in [-0.15, -0.1) is 0 Å². The number of nitrogens with one attached hydrogen (secondary N) is 1. The number of hydrogen-bond donors (Lipinski definition) is 1. The van der Waals surface area contributed by atoms with E-state index in [0.717, 1.165) is 18.3 Å². The molecule has 98 valence electrons. The molecule has 2 fully saturated rings. The third kappa shape index (κ3) is 2.09. The van der Waals surface area contributed by atoms with E-state index in [9.17, 15) is 4.79 Å². The number of fused-ring (bicyclic) bond motifs is 1. The lowest BCUT2D eigenvalue weighted by molar-refractivity contribution is 0.242. The normalized spacial score (nSPS) is 27.9. The smallest absolute Gasteiger partial charge is 0.267 e. The van der Waals surface area contributed by atoms with Gasteiger partial charge in [-0.3, -0.25) is 4.79 Å². The van der Waals surface area contributed by atoms with Crippen LogP contribution in [-0.4, -0.2) is 22.6 Å². The second-order valence-corrected chi connectivity index (χ2v) is 6.11. The quantitative estimate of drug-likeness (QED) is 0.867. The predicted octanol–water partition coefficient (Wildman–Crippen LogP) is 2.69. The van der Waals surface area contributed by atoms with Gasteiger partial charge in [0.15, 0.2) is 5.82 Å². The van der Waals surface area contributed by atoms with Crippen molar-refractivity contribution in [2.45, 2.75) is 44.6 Å². The summed E-state index contributed by atoms with van der Waals surface area (Å²) in [5.41, 5.74) is -0.0852. The van der Waals surface area contributed by atoms with E-state index in [2.05, 4.69) is 30.8 Å². The first kappa shape index (κ1) is 12.2. The molecule has 5 heteroatoms. The summed E-state index contributed by atoms with van der Waals surface area (Å²) in [4.78, 5) is 21.0. The van der Waals surface area contributed by atoms with Gasteiger partial charge in [0.05, 0.1) is 6.33 Å². The standard InChI is InChI=1S/C13H18BrN3O/c14-11-12(15-8-16-13(11)18)17-7-3-5-9-4-1-2-6-10(9)17/h8-10H,1-7H2,(H,15,16,18)/t9-,10-/m1/s1. The van der Waals surface area contributed by atoms with Gasteiger partial charge in [0.2, 0.25) is 0 Å². The molecule has 3 rings (SSSR count). The van der Waals surface area contributed by atoms with Gasteiger partial charge in [0.25, 0.3) is 5.56 Å². The summed E-state index contributed by atoms with van der Waals surface area (Å²) in [6.07, 6.45) is 9.30. The van der Waals surface area contributed by atoms with Crippen LogP contribution in [0.5, 0.6) is 0 Å². The van der Waals surface area contributed by atoms with Crippen LogP contribution in [0.4, 0.5) is 5.82 Å². The van der Waals surface area contributed by atoms with Crippen molar-refractivity contribution in [3.63, 3.8) is 0 Å². The van der Waals surface area contributed by atoms with E-state index in [1.165, 1.54) is 44.9 Å². The van der Waals surface area contributed by atoms with Gasteiger partial charge in [-0.25, -0.2) is 4.98 Å². The number of nitrogens with zero attached hydrogens (tertiary/aromatic N) is 2. The van der Waals surface area contributed by atoms with Crippen LogP contribution in [0.3, 0.4) is 0 Å². The van der Waals surface area contributed by atoms with Gasteiger partial charge in [-0.1, -0.05) is 12.8 Å². The van der Waals surface area contributed by atoms with Crippen LogP contribution in [0.25, 0.3) is 0 Å². The second-order valence-electron chi connectivity index (χ2n) is 5.32. The van der Waals surface area contributed by atoms with E-state index < -0.39 is 0 Å². The molecule has 0 bridgehead atoms. The van der Waals surface area contributed by atoms with Crippen molar-refractivity contribution in [3.8, 4) is 0 Å². The average Bonchev–Trinajstić information content (AvgIpc) is 2.41. The predicted molar refractivity (Wildman–Crippen MR) is 74.9 cm³/mol. The van der Waals surface area contributed by atoms with Crippen LogP contribution in [0, 0.1) is 5.92 Å². The molecule has 0 radical (unpaired) electrons. The maximum absolute atomic E-state index is 11.7. The molecule has 1 saturated carbocycles. The zero-order valence-electron chi connectivity index (χ0n) is 10.4. The van der Waals surface area contributed by atoms with E-state index in [1.807, 2.05) is 0 Å². The average molecular weight is 312 g/mol. The van der Waals surface area contributed by atoms with Crippen molar-refractivity contribution in [1.82, 2.24) is 9.97 Å². The van der Waals surface area contributed by atoms with E-state index in [-0.39, 0.29) is 5.56 Å². The van der Waals surface area contributed by atoms with E-state index in [4.69, 9.17) is 0 Å². The van der Waals surface area contributed by atoms with Crippen LogP contribution in [-0.2, 0) is 0 Å². The summed E-state index contributed by atoms with van der Waals surface area (Å²) in [5, 5.41) is 0. The number of H-pyrrole nitrogens is 1. The summed E-state index contributed by atoms with van der Waals surface area (Å²) >= 11 is 3.38. The van der Waals surface area contributed by atoms with Crippen molar-refractivity contribution in [2.75, 3.05) is 11.4 Å². The molecule has 18 heavy (non-hydrogen) atoms. The Morgan fingerprint density at radius 3 is 2.94 bits per heavy atom. The molecule has 2 heterocycles. The Morgan fingerprint density at radius 2 is 2.06 bits per heavy atom. The first-order chi connectivity index (χ1) is 8.77. The molecular weight excluding hydrogens is 294 g/mol. The number of anilines is 1. The van der Waals surface area contributed by atoms with Crippen LogP contribution in [0.1, 0.15) is 38.5 Å². The minimum absolute atomic E-state index is 0.0852. The highest BCUT2D eigenvalue weighted by atomic mass is 79.9. The summed E-state index contributed by atoms with van der Waals surface area (Å²) in [5.74, 6) is 1.62. The van der Waals surface area contributed by atoms with Crippen LogP contribution < -0.4 is 10.5 Å². The Morgan fingerprint density at radius 1 is 1.28 bits per heavy atom. The minimum Gasteiger partial charge on any atom is -0.352 e. The van der Waals surface area contributed by atoms with Crippen molar-refractivity contribution in [3.05, 3.63) is 21.2 Å². The Kier molecular flexibility index (Phi) is 3.41. The number of aromatic amines is 1. The number of aromatic nitrogens is 2. The van der Waals surface area contributed by atoms with Crippen molar-refractivity contribution < 1.29 is 0 Å². The molecule has 4 nitrogen and oxygen atoms in total. The molecule has 1 aliphatic carbocycles. The zero-order chi connectivity index (χ0) is 12.5. The molecule has 0 amide bonds. The highest BCUT2D eigenvalue weighted by Crippen LogP contribution is 2.38. The first-order valence-corrected chi connectivity index (χ1v) is 7.56. The van der Waals surface area contributed by atoms with Crippen LogP contribution in [0.2, 0.25) is 0 Å². The van der Waals surface area contributed by atoms with Gasteiger partial charge in [0.1, 0.15) is 4.47 Å². The third-order valence-electron chi connectivity index (χ3n) is 4.29. The molecule has 1 aliphatic heterocycles. The van der Waals surface area contributed by atoms with Gasteiger partial charge in [-0.2, -0.15) is 0 Å². The van der Waals surface area contributed by atoms with E-state index >= 15 is 0 Å². The van der Waals surface area contributed by atoms with Crippen molar-refractivity contribution >= 4 is 21.7 Å². The van der Waals surface area contributed by atoms with Crippen LogP contribution >= 0.6 is 15.9 Å². The lowest BCUT2D eigenvalue weighted by atomic mass is 9.78. The molecule has 1 saturated heterocycles.